The number of rotatable bonds is 5. The molecular weight excluding hydrogens is 416 g/mol. The number of hydrogen-bond donors (Lipinski definition) is 1. The summed E-state index contributed by atoms with van der Waals surface area (Å²) < 4.78 is 0. The van der Waals surface area contributed by atoms with E-state index in [2.05, 4.69) is 10.2 Å². The van der Waals surface area contributed by atoms with Crippen molar-refractivity contribution in [1.29, 1.82) is 0 Å². The number of hydrogen-bond acceptors (Lipinski definition) is 4. The van der Waals surface area contributed by atoms with E-state index < -0.39 is 11.6 Å². The molecule has 172 valence electrons. The Balaban J connectivity index is 1.39. The van der Waals surface area contributed by atoms with Gasteiger partial charge in [-0.25, -0.2) is 9.69 Å². The van der Waals surface area contributed by atoms with Gasteiger partial charge in [-0.3, -0.25) is 14.5 Å². The summed E-state index contributed by atoms with van der Waals surface area (Å²) in [5.74, 6) is 0.202. The third-order valence-electron chi connectivity index (χ3n) is 7.20. The first-order chi connectivity index (χ1) is 15.9. The van der Waals surface area contributed by atoms with Crippen molar-refractivity contribution in [2.24, 2.45) is 5.92 Å². The predicted molar refractivity (Wildman–Crippen MR) is 124 cm³/mol. The molecular formula is C26H30N4O3. The Hall–Kier alpha value is -3.19. The number of amides is 4. The highest BCUT2D eigenvalue weighted by molar-refractivity contribution is 6.09. The fraction of sp³-hybridized carbons (Fsp3) is 0.423. The van der Waals surface area contributed by atoms with Crippen molar-refractivity contribution in [3.63, 3.8) is 0 Å². The molecule has 33 heavy (non-hydrogen) atoms. The van der Waals surface area contributed by atoms with E-state index in [4.69, 9.17) is 0 Å². The summed E-state index contributed by atoms with van der Waals surface area (Å²) in [6.07, 6.45) is 2.00. The monoisotopic (exact) mass is 446 g/mol. The minimum absolute atomic E-state index is 0.215. The first kappa shape index (κ1) is 21.6. The fourth-order valence-corrected chi connectivity index (χ4v) is 4.82. The molecule has 0 radical (unpaired) electrons. The number of imide groups is 1. The minimum atomic E-state index is -1.25. The zero-order valence-electron chi connectivity index (χ0n) is 19.2. The van der Waals surface area contributed by atoms with Crippen LogP contribution in [-0.2, 0) is 15.1 Å². The van der Waals surface area contributed by atoms with Gasteiger partial charge in [-0.15, -0.1) is 0 Å². The van der Waals surface area contributed by atoms with Crippen molar-refractivity contribution in [2.45, 2.75) is 32.2 Å². The molecule has 1 saturated carbocycles. The second kappa shape index (κ2) is 8.30. The van der Waals surface area contributed by atoms with Crippen LogP contribution in [-0.4, -0.2) is 65.4 Å². The number of nitrogens with one attached hydrogen (secondary N) is 1. The lowest BCUT2D eigenvalue weighted by Gasteiger charge is -2.36. The van der Waals surface area contributed by atoms with Gasteiger partial charge >= 0.3 is 6.03 Å². The molecule has 3 fully saturated rings. The zero-order valence-corrected chi connectivity index (χ0v) is 19.2. The van der Waals surface area contributed by atoms with E-state index in [-0.39, 0.29) is 24.4 Å². The molecule has 2 heterocycles. The molecule has 1 atom stereocenters. The molecule has 4 amide bonds. The molecule has 1 aliphatic carbocycles. The van der Waals surface area contributed by atoms with E-state index in [1.54, 1.807) is 0 Å². The Morgan fingerprint density at radius 2 is 1.64 bits per heavy atom. The maximum Gasteiger partial charge on any atom is 0.326 e. The molecule has 0 bridgehead atoms. The first-order valence-electron chi connectivity index (χ1n) is 11.7. The van der Waals surface area contributed by atoms with Crippen LogP contribution in [0.3, 0.4) is 0 Å². The van der Waals surface area contributed by atoms with Gasteiger partial charge in [-0.2, -0.15) is 0 Å². The lowest BCUT2D eigenvalue weighted by molar-refractivity contribution is -0.136. The van der Waals surface area contributed by atoms with Gasteiger partial charge in [0.05, 0.1) is 6.67 Å². The van der Waals surface area contributed by atoms with Gasteiger partial charge in [0.25, 0.3) is 5.91 Å². The zero-order chi connectivity index (χ0) is 23.2. The number of nitrogens with zero attached hydrogens (tertiary/aromatic N) is 3. The van der Waals surface area contributed by atoms with E-state index in [9.17, 15) is 14.4 Å². The lowest BCUT2D eigenvalue weighted by atomic mass is 9.81. The van der Waals surface area contributed by atoms with Gasteiger partial charge in [-0.05, 0) is 48.9 Å². The Morgan fingerprint density at radius 1 is 0.939 bits per heavy atom. The topological polar surface area (TPSA) is 73.0 Å². The standard InChI is InChI=1S/C26H30N4O3/c1-18-8-11-22(16-19(18)2)26(21-6-4-3-5-7-21)24(32)30(25(33)27-26)17-28-12-14-29(15-13-28)23(31)20-9-10-20/h3-8,11,16,20H,9-10,12-15,17H2,1-2H3,(H,27,33)/t26-/m1/s1. The molecule has 7 heteroatoms. The minimum Gasteiger partial charge on any atom is -0.340 e. The van der Waals surface area contributed by atoms with Crippen LogP contribution in [0.5, 0.6) is 0 Å². The predicted octanol–water partition coefficient (Wildman–Crippen LogP) is 2.61. The Morgan fingerprint density at radius 3 is 2.27 bits per heavy atom. The number of urea groups is 1. The number of aryl methyl sites for hydroxylation is 2. The largest absolute Gasteiger partial charge is 0.340 e. The van der Waals surface area contributed by atoms with E-state index >= 15 is 0 Å². The summed E-state index contributed by atoms with van der Waals surface area (Å²) in [5, 5.41) is 3.03. The molecule has 2 aromatic rings. The van der Waals surface area contributed by atoms with Crippen molar-refractivity contribution in [1.82, 2.24) is 20.0 Å². The smallest absolute Gasteiger partial charge is 0.326 e. The van der Waals surface area contributed by atoms with E-state index in [0.717, 1.165) is 35.1 Å². The van der Waals surface area contributed by atoms with Crippen LogP contribution in [0, 0.1) is 19.8 Å². The molecule has 1 N–H and O–H groups in total. The number of piperazine rings is 1. The lowest BCUT2D eigenvalue weighted by Crippen LogP contribution is -2.53. The maximum atomic E-state index is 13.9. The molecule has 2 aromatic carbocycles. The molecule has 3 aliphatic rings. The van der Waals surface area contributed by atoms with E-state index in [1.807, 2.05) is 67.3 Å². The van der Waals surface area contributed by atoms with Gasteiger partial charge in [-0.1, -0.05) is 48.5 Å². The summed E-state index contributed by atoms with van der Waals surface area (Å²) >= 11 is 0. The fourth-order valence-electron chi connectivity index (χ4n) is 4.82. The van der Waals surface area contributed by atoms with Crippen molar-refractivity contribution in [3.05, 3.63) is 70.8 Å². The molecule has 7 nitrogen and oxygen atoms in total. The molecule has 0 unspecified atom stereocenters. The number of carbonyl (C=O) groups is 3. The molecule has 2 saturated heterocycles. The van der Waals surface area contributed by atoms with Crippen LogP contribution in [0.25, 0.3) is 0 Å². The quantitative estimate of drug-likeness (QED) is 0.717. The van der Waals surface area contributed by atoms with Crippen LogP contribution in [0.1, 0.15) is 35.1 Å². The molecule has 2 aliphatic heterocycles. The molecule has 0 aromatic heterocycles. The number of carbonyl (C=O) groups excluding carboxylic acids is 3. The summed E-state index contributed by atoms with van der Waals surface area (Å²) in [6, 6.07) is 15.0. The average molecular weight is 447 g/mol. The maximum absolute atomic E-state index is 13.9. The van der Waals surface area contributed by atoms with Crippen LogP contribution >= 0.6 is 0 Å². The van der Waals surface area contributed by atoms with Gasteiger partial charge in [0.15, 0.2) is 5.54 Å². The van der Waals surface area contributed by atoms with Gasteiger partial charge in [0, 0.05) is 32.1 Å². The SMILES string of the molecule is Cc1ccc([C@@]2(c3ccccc3)NC(=O)N(CN3CCN(C(=O)C4CC4)CC3)C2=O)cc1C. The van der Waals surface area contributed by atoms with E-state index in [1.165, 1.54) is 4.90 Å². The highest BCUT2D eigenvalue weighted by Crippen LogP contribution is 2.37. The van der Waals surface area contributed by atoms with Crippen LogP contribution in [0.2, 0.25) is 0 Å². The number of benzene rings is 2. The second-order valence-corrected chi connectivity index (χ2v) is 9.44. The van der Waals surface area contributed by atoms with Crippen molar-refractivity contribution < 1.29 is 14.4 Å². The van der Waals surface area contributed by atoms with Crippen molar-refractivity contribution in [2.75, 3.05) is 32.8 Å². The van der Waals surface area contributed by atoms with Gasteiger partial charge in [0.2, 0.25) is 5.91 Å². The highest BCUT2D eigenvalue weighted by Gasteiger charge is 2.54. The highest BCUT2D eigenvalue weighted by atomic mass is 16.2. The third-order valence-corrected chi connectivity index (χ3v) is 7.20. The second-order valence-electron chi connectivity index (χ2n) is 9.44. The summed E-state index contributed by atoms with van der Waals surface area (Å²) in [4.78, 5) is 44.7. The Labute approximate surface area is 194 Å². The van der Waals surface area contributed by atoms with Crippen LogP contribution < -0.4 is 5.32 Å². The molecule has 5 rings (SSSR count). The summed E-state index contributed by atoms with van der Waals surface area (Å²) in [6.45, 7) is 6.84. The third kappa shape index (κ3) is 3.80. The first-order valence-corrected chi connectivity index (χ1v) is 11.7. The van der Waals surface area contributed by atoms with Crippen molar-refractivity contribution in [3.8, 4) is 0 Å². The molecule has 0 spiro atoms. The summed E-state index contributed by atoms with van der Waals surface area (Å²) in [7, 11) is 0. The Kier molecular flexibility index (Phi) is 5.44. The van der Waals surface area contributed by atoms with Crippen LogP contribution in [0.15, 0.2) is 48.5 Å². The summed E-state index contributed by atoms with van der Waals surface area (Å²) in [5.41, 5.74) is 2.46. The van der Waals surface area contributed by atoms with Crippen molar-refractivity contribution >= 4 is 17.8 Å². The van der Waals surface area contributed by atoms with Crippen LogP contribution in [0.4, 0.5) is 4.79 Å². The normalized spacial score (nSPS) is 23.7. The van der Waals surface area contributed by atoms with E-state index in [0.29, 0.717) is 26.2 Å². The Bertz CT molecular complexity index is 1090. The average Bonchev–Trinajstić information content (AvgIpc) is 3.65. The van der Waals surface area contributed by atoms with Gasteiger partial charge in [0.1, 0.15) is 0 Å². The van der Waals surface area contributed by atoms with Gasteiger partial charge < -0.3 is 10.2 Å².